The van der Waals surface area contributed by atoms with Crippen molar-refractivity contribution in [3.05, 3.63) is 59.9 Å². The van der Waals surface area contributed by atoms with Crippen molar-refractivity contribution in [1.82, 2.24) is 25.1 Å². The Kier molecular flexibility index (Phi) is 6.21. The minimum atomic E-state index is -0.707. The number of anilines is 3. The molecule has 2 aromatic heterocycles. The molecule has 2 amide bonds. The number of fused-ring (bicyclic) bond motifs is 1. The zero-order chi connectivity index (χ0) is 24.4. The molecule has 0 radical (unpaired) electrons. The summed E-state index contributed by atoms with van der Waals surface area (Å²) in [5.41, 5.74) is 7.91. The smallest absolute Gasteiger partial charge is 0.323 e. The molecular weight excluding hydrogens is 458 g/mol. The van der Waals surface area contributed by atoms with Gasteiger partial charge >= 0.3 is 6.03 Å². The Balaban J connectivity index is 1.25. The van der Waals surface area contributed by atoms with Gasteiger partial charge in [0.1, 0.15) is 23.8 Å². The number of amides is 2. The van der Waals surface area contributed by atoms with Gasteiger partial charge in [-0.2, -0.15) is 5.10 Å². The number of rotatable bonds is 5. The number of carbonyl (C=O) groups excluding carboxylic acids is 1. The van der Waals surface area contributed by atoms with Crippen LogP contribution in [0.4, 0.5) is 30.8 Å². The van der Waals surface area contributed by atoms with E-state index in [9.17, 15) is 13.6 Å². The highest BCUT2D eigenvalue weighted by Gasteiger charge is 2.16. The third kappa shape index (κ3) is 4.88. The fourth-order valence-electron chi connectivity index (χ4n) is 3.90. The highest BCUT2D eigenvalue weighted by Crippen LogP contribution is 2.30. The number of hydrogen-bond donors (Lipinski definition) is 4. The molecule has 180 valence electrons. The third-order valence-corrected chi connectivity index (χ3v) is 5.69. The van der Waals surface area contributed by atoms with Crippen molar-refractivity contribution in [2.45, 2.75) is 6.54 Å². The zero-order valence-corrected chi connectivity index (χ0v) is 18.5. The number of nitrogen functional groups attached to an aromatic ring is 1. The first-order valence-corrected chi connectivity index (χ1v) is 10.9. The number of urea groups is 1. The Morgan fingerprint density at radius 1 is 1.09 bits per heavy atom. The van der Waals surface area contributed by atoms with E-state index in [2.05, 4.69) is 35.7 Å². The van der Waals surface area contributed by atoms with Gasteiger partial charge in [0.25, 0.3) is 0 Å². The number of halogens is 2. The molecule has 1 fully saturated rings. The van der Waals surface area contributed by atoms with Gasteiger partial charge in [-0.25, -0.2) is 23.5 Å². The van der Waals surface area contributed by atoms with Crippen molar-refractivity contribution in [1.29, 1.82) is 0 Å². The fraction of sp³-hybridized carbons (Fsp3) is 0.217. The molecule has 5 rings (SSSR count). The van der Waals surface area contributed by atoms with Crippen LogP contribution in [0.3, 0.4) is 0 Å². The van der Waals surface area contributed by atoms with Gasteiger partial charge in [0, 0.05) is 36.4 Å². The summed E-state index contributed by atoms with van der Waals surface area (Å²) in [6.45, 7) is 3.19. The number of aromatic nitrogens is 4. The van der Waals surface area contributed by atoms with Crippen LogP contribution < -0.4 is 16.4 Å². The number of morpholine rings is 1. The zero-order valence-electron chi connectivity index (χ0n) is 18.5. The molecule has 12 heteroatoms. The van der Waals surface area contributed by atoms with Crippen molar-refractivity contribution in [3.63, 3.8) is 0 Å². The topological polar surface area (TPSA) is 134 Å². The minimum Gasteiger partial charge on any atom is -0.383 e. The Morgan fingerprint density at radius 3 is 2.69 bits per heavy atom. The van der Waals surface area contributed by atoms with E-state index in [4.69, 9.17) is 10.5 Å². The van der Waals surface area contributed by atoms with Crippen LogP contribution in [0.1, 0.15) is 5.56 Å². The molecule has 4 aromatic rings. The average Bonchev–Trinajstić information content (AvgIpc) is 3.28. The van der Waals surface area contributed by atoms with Crippen LogP contribution in [0.25, 0.3) is 22.3 Å². The summed E-state index contributed by atoms with van der Waals surface area (Å²) < 4.78 is 34.6. The monoisotopic (exact) mass is 480 g/mol. The second-order valence-corrected chi connectivity index (χ2v) is 8.02. The lowest BCUT2D eigenvalue weighted by Crippen LogP contribution is -2.35. The Labute approximate surface area is 198 Å². The summed E-state index contributed by atoms with van der Waals surface area (Å²) in [4.78, 5) is 22.5. The maximum atomic E-state index is 14.8. The maximum absolute atomic E-state index is 14.8. The first-order chi connectivity index (χ1) is 17.0. The summed E-state index contributed by atoms with van der Waals surface area (Å²) in [7, 11) is 0. The predicted octanol–water partition coefficient (Wildman–Crippen LogP) is 3.36. The SMILES string of the molecule is Nc1ncnc2n[nH]c(-c3ccc(NC(=O)Nc4ccc(CN5CCOCC5)c(F)c4)c(F)c3)c12. The fourth-order valence-corrected chi connectivity index (χ4v) is 3.90. The van der Waals surface area contributed by atoms with E-state index in [-0.39, 0.29) is 17.2 Å². The number of carbonyl (C=O) groups is 1. The predicted molar refractivity (Wildman–Crippen MR) is 127 cm³/mol. The minimum absolute atomic E-state index is 0.0521. The van der Waals surface area contributed by atoms with E-state index in [1.54, 1.807) is 18.2 Å². The van der Waals surface area contributed by atoms with Crippen LogP contribution in [0.5, 0.6) is 0 Å². The van der Waals surface area contributed by atoms with E-state index in [0.717, 1.165) is 13.1 Å². The molecule has 0 atom stereocenters. The Morgan fingerprint density at radius 2 is 1.91 bits per heavy atom. The molecule has 0 saturated carbocycles. The largest absolute Gasteiger partial charge is 0.383 e. The quantitative estimate of drug-likeness (QED) is 0.344. The molecule has 5 N–H and O–H groups in total. The van der Waals surface area contributed by atoms with Crippen molar-refractivity contribution in [3.8, 4) is 11.3 Å². The van der Waals surface area contributed by atoms with Crippen LogP contribution in [0.2, 0.25) is 0 Å². The van der Waals surface area contributed by atoms with E-state index in [1.807, 2.05) is 0 Å². The number of H-pyrrole nitrogens is 1. The first kappa shape index (κ1) is 22.6. The highest BCUT2D eigenvalue weighted by atomic mass is 19.1. The van der Waals surface area contributed by atoms with Gasteiger partial charge in [-0.15, -0.1) is 0 Å². The molecule has 1 aliphatic rings. The lowest BCUT2D eigenvalue weighted by Gasteiger charge is -2.26. The van der Waals surface area contributed by atoms with Gasteiger partial charge in [0.2, 0.25) is 0 Å². The summed E-state index contributed by atoms with van der Waals surface area (Å²) >= 11 is 0. The second kappa shape index (κ2) is 9.60. The van der Waals surface area contributed by atoms with Gasteiger partial charge in [-0.3, -0.25) is 10.00 Å². The van der Waals surface area contributed by atoms with E-state index < -0.39 is 17.7 Å². The van der Waals surface area contributed by atoms with Crippen molar-refractivity contribution in [2.75, 3.05) is 42.7 Å². The number of hydrogen-bond acceptors (Lipinski definition) is 7. The Bertz CT molecular complexity index is 1390. The Hall–Kier alpha value is -4.16. The molecule has 35 heavy (non-hydrogen) atoms. The number of aromatic amines is 1. The maximum Gasteiger partial charge on any atom is 0.323 e. The molecular formula is C23H22F2N8O2. The van der Waals surface area contributed by atoms with Gasteiger partial charge < -0.3 is 21.1 Å². The molecule has 10 nitrogen and oxygen atoms in total. The van der Waals surface area contributed by atoms with E-state index >= 15 is 0 Å². The molecule has 0 bridgehead atoms. The molecule has 1 aliphatic heterocycles. The van der Waals surface area contributed by atoms with Crippen LogP contribution in [0.15, 0.2) is 42.7 Å². The number of nitrogens with zero attached hydrogens (tertiary/aromatic N) is 4. The average molecular weight is 480 g/mol. The van der Waals surface area contributed by atoms with Crippen LogP contribution in [0, 0.1) is 11.6 Å². The number of nitrogens with one attached hydrogen (secondary N) is 3. The molecule has 0 spiro atoms. The van der Waals surface area contributed by atoms with Crippen LogP contribution >= 0.6 is 0 Å². The van der Waals surface area contributed by atoms with Gasteiger partial charge in [0.05, 0.1) is 30.0 Å². The van der Waals surface area contributed by atoms with E-state index in [0.29, 0.717) is 47.6 Å². The summed E-state index contributed by atoms with van der Waals surface area (Å²) in [5.74, 6) is -0.897. The summed E-state index contributed by atoms with van der Waals surface area (Å²) in [5, 5.41) is 12.3. The molecule has 1 saturated heterocycles. The number of ether oxygens (including phenoxy) is 1. The van der Waals surface area contributed by atoms with Crippen molar-refractivity contribution in [2.24, 2.45) is 0 Å². The van der Waals surface area contributed by atoms with Crippen LogP contribution in [-0.4, -0.2) is 57.4 Å². The van der Waals surface area contributed by atoms with Gasteiger partial charge in [0.15, 0.2) is 5.65 Å². The highest BCUT2D eigenvalue weighted by molar-refractivity contribution is 6.01. The normalized spacial score (nSPS) is 14.2. The number of nitrogens with two attached hydrogens (primary N) is 1. The van der Waals surface area contributed by atoms with Gasteiger partial charge in [-0.05, 0) is 24.3 Å². The van der Waals surface area contributed by atoms with Crippen LogP contribution in [-0.2, 0) is 11.3 Å². The van der Waals surface area contributed by atoms with Crippen molar-refractivity contribution >= 4 is 34.3 Å². The summed E-state index contributed by atoms with van der Waals surface area (Å²) in [6.07, 6.45) is 1.29. The summed E-state index contributed by atoms with van der Waals surface area (Å²) in [6, 6.07) is 8.00. The number of benzene rings is 2. The molecule has 0 unspecified atom stereocenters. The first-order valence-electron chi connectivity index (χ1n) is 10.9. The lowest BCUT2D eigenvalue weighted by atomic mass is 10.1. The molecule has 3 heterocycles. The van der Waals surface area contributed by atoms with Crippen molar-refractivity contribution < 1.29 is 18.3 Å². The standard InChI is InChI=1S/C23H22F2N8O2/c24-16-10-15(3-1-14(16)11-33-5-7-35-8-6-33)29-23(34)30-18-4-2-13(9-17(18)25)20-19-21(26)27-12-28-22(19)32-31-20/h1-4,9-10,12H,5-8,11H2,(H2,29,30,34)(H3,26,27,28,31,32). The van der Waals surface area contributed by atoms with Gasteiger partial charge in [-0.1, -0.05) is 12.1 Å². The molecule has 2 aromatic carbocycles. The molecule has 0 aliphatic carbocycles. The lowest BCUT2D eigenvalue weighted by molar-refractivity contribution is 0.0337. The van der Waals surface area contributed by atoms with E-state index in [1.165, 1.54) is 24.5 Å². The second-order valence-electron chi connectivity index (χ2n) is 8.02. The third-order valence-electron chi connectivity index (χ3n) is 5.69.